The molecule has 7 nitrogen and oxygen atoms in total. The molecule has 0 bridgehead atoms. The molecule has 1 aliphatic rings. The van der Waals surface area contributed by atoms with E-state index >= 15 is 0 Å². The van der Waals surface area contributed by atoms with Gasteiger partial charge in [0.05, 0.1) is 5.69 Å². The molecule has 0 spiro atoms. The molecule has 0 saturated heterocycles. The fraction of sp³-hybridized carbons (Fsp3) is 0.625. The second-order valence-electron chi connectivity index (χ2n) is 6.77. The first kappa shape index (κ1) is 16.9. The van der Waals surface area contributed by atoms with E-state index in [2.05, 4.69) is 20.4 Å². The van der Waals surface area contributed by atoms with Crippen molar-refractivity contribution in [2.24, 2.45) is 5.92 Å². The molecule has 8 heteroatoms. The smallest absolute Gasteiger partial charge is 0.264 e. The van der Waals surface area contributed by atoms with Gasteiger partial charge in [-0.25, -0.2) is 4.98 Å². The minimum Gasteiger partial charge on any atom is -0.354 e. The Labute approximate surface area is 145 Å². The summed E-state index contributed by atoms with van der Waals surface area (Å²) in [4.78, 5) is 24.1. The number of aromatic nitrogens is 3. The summed E-state index contributed by atoms with van der Waals surface area (Å²) in [6.07, 6.45) is 2.23. The van der Waals surface area contributed by atoms with Crippen LogP contribution in [0.5, 0.6) is 0 Å². The number of hydrogen-bond acceptors (Lipinski definition) is 7. The van der Waals surface area contributed by atoms with Gasteiger partial charge in [-0.1, -0.05) is 30.3 Å². The lowest BCUT2D eigenvalue weighted by Gasteiger charge is -2.18. The average molecular weight is 349 g/mol. The van der Waals surface area contributed by atoms with E-state index in [9.17, 15) is 4.79 Å². The van der Waals surface area contributed by atoms with Gasteiger partial charge in [-0.2, -0.15) is 4.98 Å². The number of nitrogens with one attached hydrogen (secondary N) is 1. The van der Waals surface area contributed by atoms with Crippen LogP contribution in [0, 0.1) is 12.8 Å². The van der Waals surface area contributed by atoms with Crippen LogP contribution in [0.1, 0.15) is 65.7 Å². The van der Waals surface area contributed by atoms with E-state index in [4.69, 9.17) is 4.52 Å². The summed E-state index contributed by atoms with van der Waals surface area (Å²) < 4.78 is 5.40. The summed E-state index contributed by atoms with van der Waals surface area (Å²) >= 11 is 1.38. The van der Waals surface area contributed by atoms with Gasteiger partial charge in [-0.3, -0.25) is 4.79 Å². The van der Waals surface area contributed by atoms with Crippen molar-refractivity contribution < 1.29 is 9.32 Å². The van der Waals surface area contributed by atoms with Gasteiger partial charge in [0.2, 0.25) is 5.89 Å². The van der Waals surface area contributed by atoms with Gasteiger partial charge in [0, 0.05) is 20.0 Å². The molecule has 1 amide bonds. The molecule has 2 aromatic heterocycles. The highest BCUT2D eigenvalue weighted by Gasteiger charge is 2.32. The van der Waals surface area contributed by atoms with Crippen molar-refractivity contribution in [3.05, 3.63) is 22.3 Å². The number of thiazole rings is 1. The molecule has 0 radical (unpaired) electrons. The van der Waals surface area contributed by atoms with Crippen LogP contribution in [0.2, 0.25) is 0 Å². The first-order chi connectivity index (χ1) is 11.4. The van der Waals surface area contributed by atoms with Gasteiger partial charge < -0.3 is 14.7 Å². The van der Waals surface area contributed by atoms with Crippen molar-refractivity contribution in [2.45, 2.75) is 45.6 Å². The molecule has 1 unspecified atom stereocenters. The molecular weight excluding hydrogens is 326 g/mol. The fourth-order valence-corrected chi connectivity index (χ4v) is 3.28. The van der Waals surface area contributed by atoms with Crippen LogP contribution in [0.3, 0.4) is 0 Å². The molecule has 1 atom stereocenters. The van der Waals surface area contributed by atoms with Crippen molar-refractivity contribution in [1.29, 1.82) is 0 Å². The van der Waals surface area contributed by atoms with Crippen LogP contribution < -0.4 is 10.2 Å². The number of carbonyl (C=O) groups is 1. The summed E-state index contributed by atoms with van der Waals surface area (Å²) in [7, 11) is 3.82. The monoisotopic (exact) mass is 349 g/mol. The summed E-state index contributed by atoms with van der Waals surface area (Å²) in [5.74, 6) is 1.66. The predicted molar refractivity (Wildman–Crippen MR) is 92.5 cm³/mol. The van der Waals surface area contributed by atoms with Crippen LogP contribution in [-0.4, -0.2) is 35.1 Å². The lowest BCUT2D eigenvalue weighted by Crippen LogP contribution is -2.32. The van der Waals surface area contributed by atoms with E-state index in [0.717, 1.165) is 29.5 Å². The maximum absolute atomic E-state index is 12.7. The third-order valence-electron chi connectivity index (χ3n) is 3.99. The molecule has 1 saturated carbocycles. The first-order valence-corrected chi connectivity index (χ1v) is 8.97. The Morgan fingerprint density at radius 3 is 2.58 bits per heavy atom. The van der Waals surface area contributed by atoms with Crippen LogP contribution in [0.25, 0.3) is 0 Å². The van der Waals surface area contributed by atoms with Crippen molar-refractivity contribution in [2.75, 3.05) is 19.0 Å². The molecule has 1 aliphatic carbocycles. The van der Waals surface area contributed by atoms with E-state index in [1.54, 1.807) is 0 Å². The zero-order valence-electron chi connectivity index (χ0n) is 14.7. The molecule has 130 valence electrons. The highest BCUT2D eigenvalue weighted by Crippen LogP contribution is 2.38. The predicted octanol–water partition coefficient (Wildman–Crippen LogP) is 2.91. The van der Waals surface area contributed by atoms with Crippen LogP contribution in [0.4, 0.5) is 5.13 Å². The molecule has 2 heterocycles. The number of aryl methyl sites for hydroxylation is 1. The number of rotatable bonds is 6. The molecule has 2 aromatic rings. The Hall–Kier alpha value is -1.96. The largest absolute Gasteiger partial charge is 0.354 e. The van der Waals surface area contributed by atoms with Crippen LogP contribution in [-0.2, 0) is 0 Å². The van der Waals surface area contributed by atoms with Gasteiger partial charge in [0.15, 0.2) is 11.0 Å². The highest BCUT2D eigenvalue weighted by atomic mass is 32.1. The summed E-state index contributed by atoms with van der Waals surface area (Å²) in [6.45, 7) is 5.90. The zero-order chi connectivity index (χ0) is 17.4. The lowest BCUT2D eigenvalue weighted by molar-refractivity contribution is 0.0917. The summed E-state index contributed by atoms with van der Waals surface area (Å²) in [5, 5.41) is 7.90. The van der Waals surface area contributed by atoms with Crippen molar-refractivity contribution in [1.82, 2.24) is 20.4 Å². The fourth-order valence-electron chi connectivity index (χ4n) is 2.39. The number of anilines is 1. The Bertz CT molecular complexity index is 733. The Morgan fingerprint density at radius 1 is 1.33 bits per heavy atom. The van der Waals surface area contributed by atoms with Crippen molar-refractivity contribution in [3.63, 3.8) is 0 Å². The second-order valence-corrected chi connectivity index (χ2v) is 7.74. The maximum atomic E-state index is 12.7. The Kier molecular flexibility index (Phi) is 4.58. The third kappa shape index (κ3) is 3.43. The number of nitrogens with zero attached hydrogens (tertiary/aromatic N) is 4. The summed E-state index contributed by atoms with van der Waals surface area (Å²) in [5.41, 5.74) is 0.730. The van der Waals surface area contributed by atoms with Crippen molar-refractivity contribution in [3.8, 4) is 0 Å². The van der Waals surface area contributed by atoms with E-state index < -0.39 is 0 Å². The molecule has 0 aromatic carbocycles. The molecule has 1 fully saturated rings. The van der Waals surface area contributed by atoms with E-state index in [0.29, 0.717) is 16.7 Å². The normalized spacial score (nSPS) is 15.6. The van der Waals surface area contributed by atoms with Gasteiger partial charge in [0.25, 0.3) is 5.91 Å². The molecular formula is C16H23N5O2S. The first-order valence-electron chi connectivity index (χ1n) is 8.16. The molecule has 0 aliphatic heterocycles. The number of carbonyl (C=O) groups excluding carboxylic acids is 1. The van der Waals surface area contributed by atoms with E-state index in [1.807, 2.05) is 39.8 Å². The minimum atomic E-state index is -0.304. The molecule has 3 rings (SSSR count). The topological polar surface area (TPSA) is 84.2 Å². The Balaban J connectivity index is 1.78. The third-order valence-corrected chi connectivity index (χ3v) is 5.32. The van der Waals surface area contributed by atoms with Crippen LogP contribution >= 0.6 is 11.3 Å². The van der Waals surface area contributed by atoms with E-state index in [1.165, 1.54) is 11.3 Å². The zero-order valence-corrected chi connectivity index (χ0v) is 15.5. The van der Waals surface area contributed by atoms with E-state index in [-0.39, 0.29) is 17.9 Å². The number of amides is 1. The minimum absolute atomic E-state index is 0.142. The standard InChI is InChI=1S/C16H23N5O2S/c1-8(2)11(15-19-13(20-23-15)10-6-7-10)18-14(22)12-9(3)17-16(24-12)21(4)5/h8,10-11H,6-7H2,1-5H3,(H,18,22). The quantitative estimate of drug-likeness (QED) is 0.863. The van der Waals surface area contributed by atoms with Gasteiger partial charge in [-0.15, -0.1) is 0 Å². The maximum Gasteiger partial charge on any atom is 0.264 e. The highest BCUT2D eigenvalue weighted by molar-refractivity contribution is 7.17. The average Bonchev–Trinajstić information content (AvgIpc) is 3.11. The van der Waals surface area contributed by atoms with Gasteiger partial charge >= 0.3 is 0 Å². The van der Waals surface area contributed by atoms with Crippen molar-refractivity contribution >= 4 is 22.4 Å². The molecule has 24 heavy (non-hydrogen) atoms. The number of hydrogen-bond donors (Lipinski definition) is 1. The lowest BCUT2D eigenvalue weighted by atomic mass is 10.0. The second kappa shape index (κ2) is 6.51. The molecule has 1 N–H and O–H groups in total. The Morgan fingerprint density at radius 2 is 2.04 bits per heavy atom. The SMILES string of the molecule is Cc1nc(N(C)C)sc1C(=O)NC(c1nc(C2CC2)no1)C(C)C. The van der Waals surface area contributed by atoms with Gasteiger partial charge in [-0.05, 0) is 25.7 Å². The van der Waals surface area contributed by atoms with Gasteiger partial charge in [0.1, 0.15) is 10.9 Å². The van der Waals surface area contributed by atoms with Crippen LogP contribution in [0.15, 0.2) is 4.52 Å². The summed E-state index contributed by atoms with van der Waals surface area (Å²) in [6, 6.07) is -0.304.